The van der Waals surface area contributed by atoms with E-state index in [-0.39, 0.29) is 17.9 Å². The van der Waals surface area contributed by atoms with Crippen LogP contribution in [0.15, 0.2) is 42.5 Å². The standard InChI is InChI=1S/C15H13F2NO2/c16-11-5-6-12(14(19)9-11)15(20)18-8-7-10-3-1-2-4-13(10)17/h1-6,9,19H,7-8H2,(H,18,20). The fraction of sp³-hybridized carbons (Fsp3) is 0.133. The van der Waals surface area contributed by atoms with Gasteiger partial charge >= 0.3 is 0 Å². The third-order valence-corrected chi connectivity index (χ3v) is 2.84. The molecule has 2 aromatic carbocycles. The lowest BCUT2D eigenvalue weighted by Crippen LogP contribution is -2.26. The number of halogens is 2. The number of phenols is 1. The number of amides is 1. The Balaban J connectivity index is 1.94. The number of rotatable bonds is 4. The second-order valence-electron chi connectivity index (χ2n) is 4.26. The van der Waals surface area contributed by atoms with Gasteiger partial charge in [-0.05, 0) is 30.2 Å². The lowest BCUT2D eigenvalue weighted by molar-refractivity contribution is 0.0951. The highest BCUT2D eigenvalue weighted by Crippen LogP contribution is 2.17. The van der Waals surface area contributed by atoms with Gasteiger partial charge in [0, 0.05) is 12.6 Å². The van der Waals surface area contributed by atoms with Gasteiger partial charge in [0.25, 0.3) is 5.91 Å². The van der Waals surface area contributed by atoms with Crippen LogP contribution in [0.5, 0.6) is 5.75 Å². The van der Waals surface area contributed by atoms with Crippen molar-refractivity contribution in [2.75, 3.05) is 6.54 Å². The molecule has 0 unspecified atom stereocenters. The van der Waals surface area contributed by atoms with Crippen LogP contribution < -0.4 is 5.32 Å². The molecule has 2 aromatic rings. The number of nitrogens with one attached hydrogen (secondary N) is 1. The van der Waals surface area contributed by atoms with E-state index in [0.717, 1.165) is 12.1 Å². The number of carbonyl (C=O) groups is 1. The second-order valence-corrected chi connectivity index (χ2v) is 4.26. The summed E-state index contributed by atoms with van der Waals surface area (Å²) in [6.07, 6.45) is 0.334. The molecule has 0 radical (unpaired) electrons. The van der Waals surface area contributed by atoms with E-state index in [1.54, 1.807) is 18.2 Å². The highest BCUT2D eigenvalue weighted by molar-refractivity contribution is 5.96. The lowest BCUT2D eigenvalue weighted by Gasteiger charge is -2.07. The summed E-state index contributed by atoms with van der Waals surface area (Å²) in [5.41, 5.74) is 0.482. The predicted octanol–water partition coefficient (Wildman–Crippen LogP) is 2.64. The third-order valence-electron chi connectivity index (χ3n) is 2.84. The molecule has 0 aliphatic rings. The Kier molecular flexibility index (Phi) is 4.30. The normalized spacial score (nSPS) is 10.3. The Morgan fingerprint density at radius 1 is 1.15 bits per heavy atom. The van der Waals surface area contributed by atoms with Gasteiger partial charge in [-0.15, -0.1) is 0 Å². The van der Waals surface area contributed by atoms with Crippen LogP contribution in [0.25, 0.3) is 0 Å². The van der Waals surface area contributed by atoms with Crippen LogP contribution in [0.4, 0.5) is 8.78 Å². The molecule has 5 heteroatoms. The maximum absolute atomic E-state index is 13.4. The highest BCUT2D eigenvalue weighted by atomic mass is 19.1. The average molecular weight is 277 g/mol. The minimum atomic E-state index is -0.620. The quantitative estimate of drug-likeness (QED) is 0.902. The molecular formula is C15H13F2NO2. The molecule has 0 aliphatic heterocycles. The maximum atomic E-state index is 13.4. The Hall–Kier alpha value is -2.43. The van der Waals surface area contributed by atoms with Gasteiger partial charge in [0.1, 0.15) is 17.4 Å². The summed E-state index contributed by atoms with van der Waals surface area (Å²) in [7, 11) is 0. The summed E-state index contributed by atoms with van der Waals surface area (Å²) >= 11 is 0. The first kappa shape index (κ1) is 14.0. The van der Waals surface area contributed by atoms with Crippen molar-refractivity contribution in [2.45, 2.75) is 6.42 Å². The van der Waals surface area contributed by atoms with Gasteiger partial charge in [0.15, 0.2) is 0 Å². The van der Waals surface area contributed by atoms with Crippen molar-refractivity contribution in [3.63, 3.8) is 0 Å². The van der Waals surface area contributed by atoms with Gasteiger partial charge in [-0.25, -0.2) is 8.78 Å². The van der Waals surface area contributed by atoms with Gasteiger partial charge in [0.05, 0.1) is 5.56 Å². The van der Waals surface area contributed by atoms with Crippen molar-refractivity contribution in [1.82, 2.24) is 5.32 Å². The van der Waals surface area contributed by atoms with Crippen molar-refractivity contribution < 1.29 is 18.7 Å². The van der Waals surface area contributed by atoms with Gasteiger partial charge in [0.2, 0.25) is 0 Å². The molecule has 3 nitrogen and oxygen atoms in total. The van der Waals surface area contributed by atoms with Crippen molar-refractivity contribution in [3.8, 4) is 5.75 Å². The van der Waals surface area contributed by atoms with E-state index in [2.05, 4.69) is 5.32 Å². The fourth-order valence-corrected chi connectivity index (χ4v) is 1.80. The average Bonchev–Trinajstić information content (AvgIpc) is 2.40. The number of phenolic OH excluding ortho intramolecular Hbond substituents is 1. The molecular weight excluding hydrogens is 264 g/mol. The zero-order valence-electron chi connectivity index (χ0n) is 10.6. The SMILES string of the molecule is O=C(NCCc1ccccc1F)c1ccc(F)cc1O. The van der Waals surface area contributed by atoms with Crippen molar-refractivity contribution in [1.29, 1.82) is 0 Å². The van der Waals surface area contributed by atoms with Crippen LogP contribution in [-0.4, -0.2) is 17.6 Å². The molecule has 0 saturated heterocycles. The largest absolute Gasteiger partial charge is 0.507 e. The molecule has 0 fully saturated rings. The van der Waals surface area contributed by atoms with E-state index < -0.39 is 17.5 Å². The lowest BCUT2D eigenvalue weighted by atomic mass is 10.1. The molecule has 104 valence electrons. The molecule has 0 atom stereocenters. The molecule has 2 N–H and O–H groups in total. The van der Waals surface area contributed by atoms with Gasteiger partial charge in [-0.3, -0.25) is 4.79 Å². The number of aromatic hydroxyl groups is 1. The van der Waals surface area contributed by atoms with Gasteiger partial charge < -0.3 is 10.4 Å². The molecule has 0 aromatic heterocycles. The van der Waals surface area contributed by atoms with E-state index >= 15 is 0 Å². The summed E-state index contributed by atoms with van der Waals surface area (Å²) in [6.45, 7) is 0.219. The van der Waals surface area contributed by atoms with Crippen LogP contribution in [0, 0.1) is 11.6 Å². The van der Waals surface area contributed by atoms with Gasteiger partial charge in [-0.2, -0.15) is 0 Å². The van der Waals surface area contributed by atoms with Crippen molar-refractivity contribution >= 4 is 5.91 Å². The predicted molar refractivity (Wildman–Crippen MR) is 70.5 cm³/mol. The van der Waals surface area contributed by atoms with E-state index in [1.807, 2.05) is 0 Å². The smallest absolute Gasteiger partial charge is 0.255 e. The number of benzene rings is 2. The Labute approximate surface area is 114 Å². The zero-order valence-corrected chi connectivity index (χ0v) is 10.6. The first-order valence-electron chi connectivity index (χ1n) is 6.08. The molecule has 2 rings (SSSR count). The van der Waals surface area contributed by atoms with Crippen LogP contribution >= 0.6 is 0 Å². The molecule has 20 heavy (non-hydrogen) atoms. The van der Waals surface area contributed by atoms with Crippen LogP contribution in [-0.2, 0) is 6.42 Å². The number of hydrogen-bond donors (Lipinski definition) is 2. The Bertz CT molecular complexity index is 629. The first-order valence-corrected chi connectivity index (χ1v) is 6.08. The molecule has 0 bridgehead atoms. The van der Waals surface area contributed by atoms with Gasteiger partial charge in [-0.1, -0.05) is 18.2 Å². The van der Waals surface area contributed by atoms with Crippen LogP contribution in [0.2, 0.25) is 0 Å². The van der Waals surface area contributed by atoms with Crippen LogP contribution in [0.3, 0.4) is 0 Å². The number of hydrogen-bond acceptors (Lipinski definition) is 2. The van der Waals surface area contributed by atoms with Crippen molar-refractivity contribution in [3.05, 3.63) is 65.2 Å². The minimum Gasteiger partial charge on any atom is -0.507 e. The second kappa shape index (κ2) is 6.14. The molecule has 0 spiro atoms. The topological polar surface area (TPSA) is 49.3 Å². The number of carbonyl (C=O) groups excluding carboxylic acids is 1. The zero-order chi connectivity index (χ0) is 14.5. The summed E-state index contributed by atoms with van der Waals surface area (Å²) in [6, 6.07) is 9.44. The highest BCUT2D eigenvalue weighted by Gasteiger charge is 2.11. The van der Waals surface area contributed by atoms with E-state index in [9.17, 15) is 18.7 Å². The maximum Gasteiger partial charge on any atom is 0.255 e. The summed E-state index contributed by atoms with van der Waals surface area (Å²) in [5, 5.41) is 12.0. The van der Waals surface area contributed by atoms with E-state index in [4.69, 9.17) is 0 Å². The van der Waals surface area contributed by atoms with Crippen molar-refractivity contribution in [2.24, 2.45) is 0 Å². The summed E-state index contributed by atoms with van der Waals surface area (Å²) in [4.78, 5) is 11.8. The molecule has 0 aliphatic carbocycles. The Morgan fingerprint density at radius 3 is 2.60 bits per heavy atom. The van der Waals surface area contributed by atoms with Crippen LogP contribution in [0.1, 0.15) is 15.9 Å². The third kappa shape index (κ3) is 3.32. The molecule has 0 saturated carbocycles. The summed E-state index contributed by atoms with van der Waals surface area (Å²) < 4.78 is 26.1. The fourth-order valence-electron chi connectivity index (χ4n) is 1.80. The Morgan fingerprint density at radius 2 is 1.90 bits per heavy atom. The van der Waals surface area contributed by atoms with E-state index in [0.29, 0.717) is 12.0 Å². The molecule has 0 heterocycles. The first-order chi connectivity index (χ1) is 9.58. The van der Waals surface area contributed by atoms with E-state index in [1.165, 1.54) is 12.1 Å². The monoisotopic (exact) mass is 277 g/mol. The molecule has 1 amide bonds. The summed E-state index contributed by atoms with van der Waals surface area (Å²) in [5.74, 6) is -1.90. The minimum absolute atomic E-state index is 0.0140.